The second-order valence-corrected chi connectivity index (χ2v) is 8.88. The summed E-state index contributed by atoms with van der Waals surface area (Å²) in [6, 6.07) is 14.2. The van der Waals surface area contributed by atoms with Crippen molar-refractivity contribution >= 4 is 13.9 Å². The molecule has 0 spiro atoms. The van der Waals surface area contributed by atoms with Gasteiger partial charge in [0.25, 0.3) is 0 Å². The predicted molar refractivity (Wildman–Crippen MR) is 109 cm³/mol. The normalized spacial score (nSPS) is 14.2. The molecule has 0 aliphatic heterocycles. The number of benzene rings is 2. The molecule has 2 atom stereocenters. The molecule has 2 aromatic carbocycles. The van der Waals surface area contributed by atoms with E-state index in [-0.39, 0.29) is 5.16 Å². The second kappa shape index (κ2) is 8.69. The van der Waals surface area contributed by atoms with Crippen LogP contribution in [0.25, 0.3) is 0 Å². The van der Waals surface area contributed by atoms with Gasteiger partial charge in [0.2, 0.25) is 0 Å². The Labute approximate surface area is 153 Å². The Kier molecular flexibility index (Phi) is 6.87. The van der Waals surface area contributed by atoms with E-state index in [1.54, 1.807) is 13.2 Å². The maximum atomic E-state index is 10.5. The molecule has 1 N–H and O–H groups in total. The molecule has 2 rings (SSSR count). The molecular formula is C21H30NO2P. The SMILES string of the molecule is CCCC(C)(Pc1ccccc1CN(C)C)c1cc(OC)ccc1O. The van der Waals surface area contributed by atoms with Gasteiger partial charge in [-0.2, -0.15) is 0 Å². The van der Waals surface area contributed by atoms with Gasteiger partial charge in [-0.05, 0) is 49.6 Å². The second-order valence-electron chi connectivity index (χ2n) is 6.99. The number of ether oxygens (including phenoxy) is 1. The summed E-state index contributed by atoms with van der Waals surface area (Å²) in [7, 11) is 6.44. The predicted octanol–water partition coefficient (Wildman–Crippen LogP) is 4.48. The first-order valence-electron chi connectivity index (χ1n) is 8.78. The van der Waals surface area contributed by atoms with E-state index in [1.165, 1.54) is 10.9 Å². The average molecular weight is 359 g/mol. The molecule has 0 bridgehead atoms. The summed E-state index contributed by atoms with van der Waals surface area (Å²) < 4.78 is 5.40. The molecule has 0 aliphatic rings. The zero-order valence-corrected chi connectivity index (χ0v) is 17.0. The van der Waals surface area contributed by atoms with Gasteiger partial charge in [0.15, 0.2) is 0 Å². The summed E-state index contributed by atoms with van der Waals surface area (Å²) in [6.45, 7) is 5.39. The fourth-order valence-corrected chi connectivity index (χ4v) is 5.07. The van der Waals surface area contributed by atoms with Crippen LogP contribution in [0.2, 0.25) is 0 Å². The molecule has 25 heavy (non-hydrogen) atoms. The van der Waals surface area contributed by atoms with Crippen molar-refractivity contribution in [1.29, 1.82) is 0 Å². The van der Waals surface area contributed by atoms with Crippen molar-refractivity contribution in [1.82, 2.24) is 4.90 Å². The van der Waals surface area contributed by atoms with Gasteiger partial charge >= 0.3 is 0 Å². The average Bonchev–Trinajstić information content (AvgIpc) is 2.57. The molecule has 0 aliphatic carbocycles. The standard InChI is InChI=1S/C21H30NO2P/c1-6-13-21(2,18-14-17(24-5)11-12-19(18)23)25-20-10-8-7-9-16(20)15-22(3)4/h7-12,14,23,25H,6,13,15H2,1-5H3. The Bertz CT molecular complexity index is 702. The Morgan fingerprint density at radius 2 is 1.88 bits per heavy atom. The number of rotatable bonds is 8. The molecule has 0 heterocycles. The van der Waals surface area contributed by atoms with Gasteiger partial charge in [0, 0.05) is 17.3 Å². The van der Waals surface area contributed by atoms with E-state index < -0.39 is 0 Å². The van der Waals surface area contributed by atoms with Crippen LogP contribution >= 0.6 is 8.58 Å². The minimum atomic E-state index is -0.115. The van der Waals surface area contributed by atoms with Crippen molar-refractivity contribution in [3.8, 4) is 11.5 Å². The maximum Gasteiger partial charge on any atom is 0.119 e. The molecule has 0 saturated carbocycles. The van der Waals surface area contributed by atoms with Crippen LogP contribution in [0.3, 0.4) is 0 Å². The number of hydrogen-bond donors (Lipinski definition) is 1. The fraction of sp³-hybridized carbons (Fsp3) is 0.429. The largest absolute Gasteiger partial charge is 0.508 e. The Hall–Kier alpha value is -1.57. The van der Waals surface area contributed by atoms with Gasteiger partial charge < -0.3 is 14.7 Å². The lowest BCUT2D eigenvalue weighted by atomic mass is 9.94. The van der Waals surface area contributed by atoms with E-state index in [4.69, 9.17) is 4.74 Å². The molecule has 0 amide bonds. The smallest absolute Gasteiger partial charge is 0.119 e. The molecule has 136 valence electrons. The van der Waals surface area contributed by atoms with Crippen molar-refractivity contribution in [2.24, 2.45) is 0 Å². The van der Waals surface area contributed by atoms with Crippen LogP contribution in [0.1, 0.15) is 37.8 Å². The van der Waals surface area contributed by atoms with Gasteiger partial charge in [-0.3, -0.25) is 0 Å². The number of aromatic hydroxyl groups is 1. The molecule has 0 aromatic heterocycles. The van der Waals surface area contributed by atoms with E-state index in [0.717, 1.165) is 30.7 Å². The van der Waals surface area contributed by atoms with E-state index in [2.05, 4.69) is 57.1 Å². The highest BCUT2D eigenvalue weighted by atomic mass is 31.1. The Morgan fingerprint density at radius 1 is 1.16 bits per heavy atom. The number of methoxy groups -OCH3 is 1. The van der Waals surface area contributed by atoms with Gasteiger partial charge in [-0.1, -0.05) is 53.1 Å². The van der Waals surface area contributed by atoms with Crippen LogP contribution in [0.5, 0.6) is 11.5 Å². The molecule has 0 saturated heterocycles. The summed E-state index contributed by atoms with van der Waals surface area (Å²) in [4.78, 5) is 2.20. The first kappa shape index (κ1) is 19.8. The first-order valence-corrected chi connectivity index (χ1v) is 9.78. The first-order chi connectivity index (χ1) is 11.9. The van der Waals surface area contributed by atoms with Crippen molar-refractivity contribution in [2.45, 2.75) is 38.4 Å². The highest BCUT2D eigenvalue weighted by Crippen LogP contribution is 2.49. The molecule has 4 heteroatoms. The van der Waals surface area contributed by atoms with E-state index in [1.807, 2.05) is 12.1 Å². The topological polar surface area (TPSA) is 32.7 Å². The van der Waals surface area contributed by atoms with Crippen LogP contribution in [0.15, 0.2) is 42.5 Å². The van der Waals surface area contributed by atoms with Gasteiger partial charge in [0.05, 0.1) is 7.11 Å². The van der Waals surface area contributed by atoms with Gasteiger partial charge in [0.1, 0.15) is 11.5 Å². The lowest BCUT2D eigenvalue weighted by molar-refractivity contribution is 0.403. The third-order valence-electron chi connectivity index (χ3n) is 4.46. The highest BCUT2D eigenvalue weighted by molar-refractivity contribution is 7.48. The molecule has 0 fully saturated rings. The Balaban J connectivity index is 2.45. The molecular weight excluding hydrogens is 329 g/mol. The lowest BCUT2D eigenvalue weighted by Crippen LogP contribution is -2.23. The molecule has 2 aromatic rings. The van der Waals surface area contributed by atoms with Gasteiger partial charge in [-0.15, -0.1) is 0 Å². The monoisotopic (exact) mass is 359 g/mol. The summed E-state index contributed by atoms with van der Waals surface area (Å²) >= 11 is 0. The summed E-state index contributed by atoms with van der Waals surface area (Å²) in [5.74, 6) is 1.15. The third kappa shape index (κ3) is 4.96. The van der Waals surface area contributed by atoms with Gasteiger partial charge in [-0.25, -0.2) is 0 Å². The summed E-state index contributed by atoms with van der Waals surface area (Å²) in [5.41, 5.74) is 2.34. The minimum Gasteiger partial charge on any atom is -0.508 e. The maximum absolute atomic E-state index is 10.5. The van der Waals surface area contributed by atoms with Crippen LogP contribution < -0.4 is 10.0 Å². The minimum absolute atomic E-state index is 0.115. The van der Waals surface area contributed by atoms with E-state index >= 15 is 0 Å². The number of nitrogens with zero attached hydrogens (tertiary/aromatic N) is 1. The molecule has 0 radical (unpaired) electrons. The molecule has 3 nitrogen and oxygen atoms in total. The zero-order valence-electron chi connectivity index (χ0n) is 16.0. The summed E-state index contributed by atoms with van der Waals surface area (Å²) in [5, 5.41) is 11.8. The van der Waals surface area contributed by atoms with Crippen molar-refractivity contribution in [2.75, 3.05) is 21.2 Å². The lowest BCUT2D eigenvalue weighted by Gasteiger charge is -2.32. The van der Waals surface area contributed by atoms with Crippen molar-refractivity contribution in [3.05, 3.63) is 53.6 Å². The van der Waals surface area contributed by atoms with Crippen LogP contribution in [-0.4, -0.2) is 31.2 Å². The quantitative estimate of drug-likeness (QED) is 0.705. The Morgan fingerprint density at radius 3 is 2.52 bits per heavy atom. The number of phenolic OH excluding ortho intramolecular Hbond substituents is 1. The van der Waals surface area contributed by atoms with Crippen LogP contribution in [-0.2, 0) is 11.7 Å². The highest BCUT2D eigenvalue weighted by Gasteiger charge is 2.30. The summed E-state index contributed by atoms with van der Waals surface area (Å²) in [6.07, 6.45) is 2.08. The van der Waals surface area contributed by atoms with E-state index in [9.17, 15) is 5.11 Å². The number of phenols is 1. The number of hydrogen-bond acceptors (Lipinski definition) is 3. The zero-order chi connectivity index (χ0) is 18.4. The van der Waals surface area contributed by atoms with Crippen LogP contribution in [0, 0.1) is 0 Å². The fourth-order valence-electron chi connectivity index (χ4n) is 3.27. The van der Waals surface area contributed by atoms with Crippen molar-refractivity contribution < 1.29 is 9.84 Å². The van der Waals surface area contributed by atoms with E-state index in [0.29, 0.717) is 14.3 Å². The third-order valence-corrected chi connectivity index (χ3v) is 6.29. The van der Waals surface area contributed by atoms with Crippen molar-refractivity contribution in [3.63, 3.8) is 0 Å². The molecule has 2 unspecified atom stereocenters. The van der Waals surface area contributed by atoms with Crippen LogP contribution in [0.4, 0.5) is 0 Å².